The van der Waals surface area contributed by atoms with Gasteiger partial charge in [-0.05, 0) is 32.9 Å². The molecule has 0 saturated heterocycles. The minimum Gasteiger partial charge on any atom is -0.443 e. The van der Waals surface area contributed by atoms with E-state index in [9.17, 15) is 14.9 Å². The lowest BCUT2D eigenvalue weighted by Gasteiger charge is -2.19. The van der Waals surface area contributed by atoms with Crippen molar-refractivity contribution in [1.29, 1.82) is 0 Å². The van der Waals surface area contributed by atoms with Crippen molar-refractivity contribution in [2.24, 2.45) is 0 Å². The molecule has 3 rings (SSSR count). The zero-order valence-electron chi connectivity index (χ0n) is 13.6. The lowest BCUT2D eigenvalue weighted by atomic mass is 10.1. The summed E-state index contributed by atoms with van der Waals surface area (Å²) in [4.78, 5) is 25.7. The van der Waals surface area contributed by atoms with Gasteiger partial charge in [-0.1, -0.05) is 0 Å². The molecule has 0 spiro atoms. The maximum absolute atomic E-state index is 12.1. The van der Waals surface area contributed by atoms with Crippen molar-refractivity contribution in [3.63, 3.8) is 0 Å². The minimum absolute atomic E-state index is 0.0231. The van der Waals surface area contributed by atoms with Crippen molar-refractivity contribution in [2.45, 2.75) is 26.4 Å². The summed E-state index contributed by atoms with van der Waals surface area (Å²) in [6, 6.07) is 6.41. The molecular weight excluding hydrogens is 310 g/mol. The van der Waals surface area contributed by atoms with Crippen LogP contribution in [0, 0.1) is 10.1 Å². The smallest absolute Gasteiger partial charge is 0.418 e. The van der Waals surface area contributed by atoms with Crippen molar-refractivity contribution < 1.29 is 14.5 Å². The average Bonchev–Trinajstić information content (AvgIpc) is 3.11. The number of aromatic amines is 1. The van der Waals surface area contributed by atoms with E-state index >= 15 is 0 Å². The molecule has 1 N–H and O–H groups in total. The first-order valence-electron chi connectivity index (χ1n) is 7.42. The highest BCUT2D eigenvalue weighted by Crippen LogP contribution is 2.31. The van der Waals surface area contributed by atoms with Crippen LogP contribution < -0.4 is 0 Å². The van der Waals surface area contributed by atoms with Crippen LogP contribution in [0.4, 0.5) is 10.5 Å². The molecule has 0 aliphatic rings. The number of hydrogen-bond donors (Lipinski definition) is 1. The van der Waals surface area contributed by atoms with E-state index in [0.717, 1.165) is 22.0 Å². The van der Waals surface area contributed by atoms with Gasteiger partial charge in [-0.2, -0.15) is 0 Å². The molecule has 2 heterocycles. The molecule has 0 bridgehead atoms. The monoisotopic (exact) mass is 327 g/mol. The number of nitro groups is 1. The maximum Gasteiger partial charge on any atom is 0.418 e. The molecule has 0 amide bonds. The Kier molecular flexibility index (Phi) is 3.63. The van der Waals surface area contributed by atoms with Crippen LogP contribution in [0.25, 0.3) is 22.0 Å². The summed E-state index contributed by atoms with van der Waals surface area (Å²) in [6.07, 6.45) is 4.55. The fraction of sp³-hybridized carbons (Fsp3) is 0.235. The molecule has 0 aliphatic carbocycles. The lowest BCUT2D eigenvalue weighted by molar-refractivity contribution is -0.384. The first-order valence-corrected chi connectivity index (χ1v) is 7.42. The Hall–Kier alpha value is -3.09. The first-order chi connectivity index (χ1) is 11.2. The third-order valence-electron chi connectivity index (χ3n) is 3.48. The summed E-state index contributed by atoms with van der Waals surface area (Å²) < 4.78 is 6.68. The number of fused-ring (bicyclic) bond motifs is 1. The predicted octanol–water partition coefficient (Wildman–Crippen LogP) is 4.33. The van der Waals surface area contributed by atoms with Crippen molar-refractivity contribution in [1.82, 2.24) is 9.55 Å². The Morgan fingerprint density at radius 1 is 1.29 bits per heavy atom. The second-order valence-electron chi connectivity index (χ2n) is 6.48. The largest absolute Gasteiger partial charge is 0.443 e. The highest BCUT2D eigenvalue weighted by molar-refractivity contribution is 5.97. The van der Waals surface area contributed by atoms with Crippen LogP contribution >= 0.6 is 0 Å². The van der Waals surface area contributed by atoms with Crippen molar-refractivity contribution in [2.75, 3.05) is 0 Å². The van der Waals surface area contributed by atoms with Crippen LogP contribution in [-0.2, 0) is 4.74 Å². The summed E-state index contributed by atoms with van der Waals surface area (Å²) in [5.74, 6) is 0. The Bertz CT molecular complexity index is 931. The number of benzene rings is 1. The SMILES string of the molecule is CC(C)(C)OC(=O)n1ccc(-c2c[nH]c3ccc([N+](=O)[O-])cc23)c1. The number of nitrogens with zero attached hydrogens (tertiary/aromatic N) is 2. The Morgan fingerprint density at radius 2 is 2.04 bits per heavy atom. The number of nitrogens with one attached hydrogen (secondary N) is 1. The van der Waals surface area contributed by atoms with Gasteiger partial charge in [0.1, 0.15) is 5.60 Å². The van der Waals surface area contributed by atoms with Crippen molar-refractivity contribution >= 4 is 22.7 Å². The minimum atomic E-state index is -0.580. The van der Waals surface area contributed by atoms with Crippen molar-refractivity contribution in [3.8, 4) is 11.1 Å². The third-order valence-corrected chi connectivity index (χ3v) is 3.48. The summed E-state index contributed by atoms with van der Waals surface area (Å²) >= 11 is 0. The van der Waals surface area contributed by atoms with E-state index in [1.54, 1.807) is 51.5 Å². The highest BCUT2D eigenvalue weighted by atomic mass is 16.6. The zero-order valence-corrected chi connectivity index (χ0v) is 13.6. The Morgan fingerprint density at radius 3 is 2.71 bits per heavy atom. The van der Waals surface area contributed by atoms with Gasteiger partial charge in [0.15, 0.2) is 0 Å². The second kappa shape index (κ2) is 5.52. The number of H-pyrrole nitrogens is 1. The van der Waals surface area contributed by atoms with Gasteiger partial charge in [0.05, 0.1) is 4.92 Å². The fourth-order valence-corrected chi connectivity index (χ4v) is 2.45. The third kappa shape index (κ3) is 3.01. The number of nitro benzene ring substituents is 1. The van der Waals surface area contributed by atoms with E-state index in [0.29, 0.717) is 0 Å². The van der Waals surface area contributed by atoms with Crippen LogP contribution in [0.3, 0.4) is 0 Å². The molecule has 1 aromatic carbocycles. The quantitative estimate of drug-likeness (QED) is 0.560. The second-order valence-corrected chi connectivity index (χ2v) is 6.48. The van der Waals surface area contributed by atoms with E-state index in [2.05, 4.69) is 4.98 Å². The topological polar surface area (TPSA) is 90.2 Å². The van der Waals surface area contributed by atoms with Gasteiger partial charge in [0.25, 0.3) is 5.69 Å². The maximum atomic E-state index is 12.1. The zero-order chi connectivity index (χ0) is 17.5. The van der Waals surface area contributed by atoms with Crippen LogP contribution in [0.1, 0.15) is 20.8 Å². The fourth-order valence-electron chi connectivity index (χ4n) is 2.45. The van der Waals surface area contributed by atoms with Gasteiger partial charge in [0.2, 0.25) is 0 Å². The number of ether oxygens (including phenoxy) is 1. The van der Waals surface area contributed by atoms with Crippen LogP contribution in [0.2, 0.25) is 0 Å². The standard InChI is InChI=1S/C17H17N3O4/c1-17(2,3)24-16(21)19-7-6-11(10-19)14-9-18-15-5-4-12(20(22)23)8-13(14)15/h4-10,18H,1-3H3. The van der Waals surface area contributed by atoms with E-state index < -0.39 is 16.6 Å². The van der Waals surface area contributed by atoms with E-state index in [-0.39, 0.29) is 5.69 Å². The number of carbonyl (C=O) groups is 1. The molecule has 0 unspecified atom stereocenters. The molecule has 2 aromatic heterocycles. The number of hydrogen-bond acceptors (Lipinski definition) is 4. The van der Waals surface area contributed by atoms with E-state index in [1.165, 1.54) is 16.7 Å². The van der Waals surface area contributed by atoms with Crippen LogP contribution in [-0.4, -0.2) is 26.2 Å². The molecule has 124 valence electrons. The Labute approximate surface area is 138 Å². The van der Waals surface area contributed by atoms with Gasteiger partial charge in [-0.15, -0.1) is 0 Å². The van der Waals surface area contributed by atoms with Crippen molar-refractivity contribution in [3.05, 3.63) is 53.0 Å². The molecule has 7 heteroatoms. The summed E-state index contributed by atoms with van der Waals surface area (Å²) in [5, 5.41) is 11.7. The number of non-ortho nitro benzene ring substituents is 1. The van der Waals surface area contributed by atoms with E-state index in [4.69, 9.17) is 4.74 Å². The van der Waals surface area contributed by atoms with E-state index in [1.807, 2.05) is 0 Å². The summed E-state index contributed by atoms with van der Waals surface area (Å²) in [5.41, 5.74) is 1.79. The average molecular weight is 327 g/mol. The van der Waals surface area contributed by atoms with Crippen LogP contribution in [0.5, 0.6) is 0 Å². The van der Waals surface area contributed by atoms with Gasteiger partial charge < -0.3 is 9.72 Å². The van der Waals surface area contributed by atoms with Gasteiger partial charge >= 0.3 is 6.09 Å². The number of aromatic nitrogens is 2. The molecule has 0 aliphatic heterocycles. The Balaban J connectivity index is 1.98. The van der Waals surface area contributed by atoms with Gasteiger partial charge in [0, 0.05) is 52.8 Å². The molecule has 0 radical (unpaired) electrons. The van der Waals surface area contributed by atoms with Crippen LogP contribution in [0.15, 0.2) is 42.9 Å². The van der Waals surface area contributed by atoms with Gasteiger partial charge in [-0.25, -0.2) is 4.79 Å². The summed E-state index contributed by atoms with van der Waals surface area (Å²) in [6.45, 7) is 5.40. The molecule has 0 saturated carbocycles. The first kappa shape index (κ1) is 15.8. The molecule has 0 fully saturated rings. The summed E-state index contributed by atoms with van der Waals surface area (Å²) in [7, 11) is 0. The molecule has 0 atom stereocenters. The number of carbonyl (C=O) groups excluding carboxylic acids is 1. The molecule has 7 nitrogen and oxygen atoms in total. The number of rotatable bonds is 2. The predicted molar refractivity (Wildman–Crippen MR) is 90.0 cm³/mol. The molecular formula is C17H17N3O4. The highest BCUT2D eigenvalue weighted by Gasteiger charge is 2.18. The molecule has 24 heavy (non-hydrogen) atoms. The van der Waals surface area contributed by atoms with Gasteiger partial charge in [-0.3, -0.25) is 14.7 Å². The normalized spacial score (nSPS) is 11.6. The molecule has 3 aromatic rings. The lowest BCUT2D eigenvalue weighted by Crippen LogP contribution is -2.26.